The van der Waals surface area contributed by atoms with Crippen molar-refractivity contribution in [2.45, 2.75) is 32.9 Å². The maximum Gasteiger partial charge on any atom is 0.255 e. The predicted octanol–water partition coefficient (Wildman–Crippen LogP) is 4.63. The molecule has 7 nitrogen and oxygen atoms in total. The van der Waals surface area contributed by atoms with Crippen molar-refractivity contribution in [3.63, 3.8) is 0 Å². The van der Waals surface area contributed by atoms with Gasteiger partial charge < -0.3 is 20.3 Å². The van der Waals surface area contributed by atoms with Crippen LogP contribution < -0.4 is 10.6 Å². The van der Waals surface area contributed by atoms with Crippen LogP contribution in [0.1, 0.15) is 47.1 Å². The summed E-state index contributed by atoms with van der Waals surface area (Å²) in [7, 11) is 0. The highest BCUT2D eigenvalue weighted by molar-refractivity contribution is 7.09. The number of nitrogens with zero attached hydrogens (tertiary/aromatic N) is 1. The number of carbonyl (C=O) groups excluding carboxylic acids is 3. The smallest absolute Gasteiger partial charge is 0.255 e. The molecule has 0 radical (unpaired) electrons. The van der Waals surface area contributed by atoms with E-state index in [1.54, 1.807) is 29.2 Å². The number of carbonyl (C=O) groups is 3. The molecular weight excluding hydrogens is 462 g/mol. The molecule has 0 aliphatic rings. The lowest BCUT2D eigenvalue weighted by Crippen LogP contribution is -2.43. The number of hydrogen-bond acceptors (Lipinski definition) is 5. The van der Waals surface area contributed by atoms with Gasteiger partial charge >= 0.3 is 0 Å². The van der Waals surface area contributed by atoms with Crippen LogP contribution in [0.15, 0.2) is 72.1 Å². The summed E-state index contributed by atoms with van der Waals surface area (Å²) in [6, 6.07) is 19.1. The van der Waals surface area contributed by atoms with E-state index < -0.39 is 6.04 Å². The van der Waals surface area contributed by atoms with Crippen LogP contribution in [0.4, 0.5) is 5.69 Å². The first-order valence-corrected chi connectivity index (χ1v) is 12.5. The fraction of sp³-hybridized carbons (Fsp3) is 0.296. The second kappa shape index (κ2) is 13.4. The number of nitrogens with one attached hydrogen (secondary N) is 2. The molecule has 3 rings (SSSR count). The molecule has 1 aromatic heterocycles. The van der Waals surface area contributed by atoms with E-state index in [0.717, 1.165) is 10.4 Å². The zero-order valence-corrected chi connectivity index (χ0v) is 20.8. The molecule has 35 heavy (non-hydrogen) atoms. The lowest BCUT2D eigenvalue weighted by Gasteiger charge is -2.31. The molecule has 1 unspecified atom stereocenters. The lowest BCUT2D eigenvalue weighted by atomic mass is 10.0. The highest BCUT2D eigenvalue weighted by atomic mass is 32.1. The summed E-state index contributed by atoms with van der Waals surface area (Å²) in [5, 5.41) is 7.63. The van der Waals surface area contributed by atoms with Crippen molar-refractivity contribution in [1.29, 1.82) is 0 Å². The van der Waals surface area contributed by atoms with Gasteiger partial charge in [-0.05, 0) is 54.6 Å². The maximum atomic E-state index is 13.8. The summed E-state index contributed by atoms with van der Waals surface area (Å²) < 4.78 is 5.37. The highest BCUT2D eigenvalue weighted by Gasteiger charge is 2.32. The summed E-state index contributed by atoms with van der Waals surface area (Å²) in [4.78, 5) is 41.2. The molecule has 0 aliphatic carbocycles. The average molecular weight is 494 g/mol. The van der Waals surface area contributed by atoms with Crippen LogP contribution in [0.5, 0.6) is 0 Å². The quantitative estimate of drug-likeness (QED) is 0.360. The number of benzene rings is 2. The molecule has 0 aliphatic heterocycles. The van der Waals surface area contributed by atoms with Crippen molar-refractivity contribution in [1.82, 2.24) is 10.2 Å². The van der Waals surface area contributed by atoms with Gasteiger partial charge in [0.15, 0.2) is 0 Å². The molecular formula is C27H31N3O4S. The van der Waals surface area contributed by atoms with Gasteiger partial charge in [0.05, 0.1) is 6.54 Å². The van der Waals surface area contributed by atoms with Crippen molar-refractivity contribution in [2.24, 2.45) is 0 Å². The minimum absolute atomic E-state index is 0.187. The molecule has 184 valence electrons. The molecule has 0 saturated heterocycles. The summed E-state index contributed by atoms with van der Waals surface area (Å²) in [6.07, 6.45) is 0.685. The predicted molar refractivity (Wildman–Crippen MR) is 138 cm³/mol. The van der Waals surface area contributed by atoms with Crippen molar-refractivity contribution < 1.29 is 19.1 Å². The van der Waals surface area contributed by atoms with Gasteiger partial charge in [-0.15, -0.1) is 11.3 Å². The fourth-order valence-corrected chi connectivity index (χ4v) is 4.35. The number of ether oxygens (including phenoxy) is 1. The molecule has 3 aromatic rings. The van der Waals surface area contributed by atoms with Crippen molar-refractivity contribution in [3.8, 4) is 0 Å². The van der Waals surface area contributed by atoms with Gasteiger partial charge in [-0.2, -0.15) is 0 Å². The van der Waals surface area contributed by atoms with Gasteiger partial charge in [-0.25, -0.2) is 0 Å². The Labute approximate surface area is 210 Å². The van der Waals surface area contributed by atoms with E-state index in [-0.39, 0.29) is 24.3 Å². The zero-order chi connectivity index (χ0) is 25.0. The molecule has 2 N–H and O–H groups in total. The molecule has 3 amide bonds. The second-order valence-electron chi connectivity index (χ2n) is 7.93. The Hall–Kier alpha value is -3.49. The minimum atomic E-state index is -0.812. The Morgan fingerprint density at radius 2 is 1.74 bits per heavy atom. The van der Waals surface area contributed by atoms with E-state index in [1.165, 1.54) is 18.3 Å². The Morgan fingerprint density at radius 3 is 2.37 bits per heavy atom. The molecule has 0 fully saturated rings. The van der Waals surface area contributed by atoms with E-state index in [2.05, 4.69) is 10.6 Å². The molecule has 1 atom stereocenters. The zero-order valence-electron chi connectivity index (χ0n) is 20.0. The molecule has 0 saturated carbocycles. The highest BCUT2D eigenvalue weighted by Crippen LogP contribution is 2.27. The Kier molecular flexibility index (Phi) is 10.0. The fourth-order valence-electron chi connectivity index (χ4n) is 3.65. The van der Waals surface area contributed by atoms with E-state index >= 15 is 0 Å². The standard InChI is InChI=1S/C27H31N3O4S/c1-3-34-17-8-16-28-26(32)25(21-9-5-4-6-10-21)30(19-24-11-7-18-35-24)27(33)22-12-14-23(15-13-22)29-20(2)31/h4-7,9-15,18,25H,3,8,16-17,19H2,1-2H3,(H,28,32)(H,29,31). The number of rotatable bonds is 12. The van der Waals surface area contributed by atoms with E-state index in [4.69, 9.17) is 4.74 Å². The molecule has 0 spiro atoms. The van der Waals surface area contributed by atoms with Gasteiger partial charge in [-0.3, -0.25) is 14.4 Å². The van der Waals surface area contributed by atoms with Crippen molar-refractivity contribution >= 4 is 34.7 Å². The Bertz CT molecular complexity index is 1090. The number of thiophene rings is 1. The van der Waals surface area contributed by atoms with E-state index in [9.17, 15) is 14.4 Å². The second-order valence-corrected chi connectivity index (χ2v) is 8.96. The normalized spacial score (nSPS) is 11.5. The minimum Gasteiger partial charge on any atom is -0.382 e. The summed E-state index contributed by atoms with van der Waals surface area (Å²) in [6.45, 7) is 5.29. The molecule has 1 heterocycles. The average Bonchev–Trinajstić information content (AvgIpc) is 3.37. The largest absolute Gasteiger partial charge is 0.382 e. The van der Waals surface area contributed by atoms with Crippen LogP contribution in [0, 0.1) is 0 Å². The molecule has 2 aromatic carbocycles. The van der Waals surface area contributed by atoms with Crippen molar-refractivity contribution in [3.05, 3.63) is 88.1 Å². The summed E-state index contributed by atoms with van der Waals surface area (Å²) >= 11 is 1.53. The van der Waals surface area contributed by atoms with Crippen LogP contribution in [0.3, 0.4) is 0 Å². The third-order valence-corrected chi connectivity index (χ3v) is 6.12. The first kappa shape index (κ1) is 26.1. The topological polar surface area (TPSA) is 87.7 Å². The first-order chi connectivity index (χ1) is 17.0. The third-order valence-electron chi connectivity index (χ3n) is 5.26. The van der Waals surface area contributed by atoms with Crippen LogP contribution in [0.2, 0.25) is 0 Å². The van der Waals surface area contributed by atoms with Gasteiger partial charge in [0, 0.05) is 42.8 Å². The van der Waals surface area contributed by atoms with Gasteiger partial charge in [0.25, 0.3) is 5.91 Å². The Morgan fingerprint density at radius 1 is 1.00 bits per heavy atom. The monoisotopic (exact) mass is 493 g/mol. The van der Waals surface area contributed by atoms with Gasteiger partial charge in [-0.1, -0.05) is 36.4 Å². The number of hydrogen-bond donors (Lipinski definition) is 2. The summed E-state index contributed by atoms with van der Waals surface area (Å²) in [5.74, 6) is -0.702. The van der Waals surface area contributed by atoms with E-state index in [0.29, 0.717) is 37.4 Å². The number of anilines is 1. The molecule has 0 bridgehead atoms. The van der Waals surface area contributed by atoms with Gasteiger partial charge in [0.2, 0.25) is 11.8 Å². The third kappa shape index (κ3) is 7.77. The first-order valence-electron chi connectivity index (χ1n) is 11.6. The lowest BCUT2D eigenvalue weighted by molar-refractivity contribution is -0.126. The van der Waals surface area contributed by atoms with E-state index in [1.807, 2.05) is 54.8 Å². The van der Waals surface area contributed by atoms with Crippen LogP contribution >= 0.6 is 11.3 Å². The maximum absolute atomic E-state index is 13.8. The van der Waals surface area contributed by atoms with Crippen LogP contribution in [0.25, 0.3) is 0 Å². The van der Waals surface area contributed by atoms with Crippen LogP contribution in [-0.2, 0) is 20.9 Å². The molecule has 8 heteroatoms. The SMILES string of the molecule is CCOCCCNC(=O)C(c1ccccc1)N(Cc1cccs1)C(=O)c1ccc(NC(C)=O)cc1. The van der Waals surface area contributed by atoms with Gasteiger partial charge in [0.1, 0.15) is 6.04 Å². The Balaban J connectivity index is 1.91. The summed E-state index contributed by atoms with van der Waals surface area (Å²) in [5.41, 5.74) is 1.76. The number of amides is 3. The van der Waals surface area contributed by atoms with Crippen LogP contribution in [-0.4, -0.2) is 42.4 Å². The van der Waals surface area contributed by atoms with Crippen molar-refractivity contribution in [2.75, 3.05) is 25.1 Å².